The van der Waals surface area contributed by atoms with Crippen LogP contribution in [-0.4, -0.2) is 6.61 Å². The standard InChI is InChI=1S/C10H12N2OS/c1-2-13-8-4-3-6(11)9-7(12)5-14-10(8)9/h3-5H,2,11-12H2,1H3. The van der Waals surface area contributed by atoms with Gasteiger partial charge in [0.25, 0.3) is 0 Å². The van der Waals surface area contributed by atoms with E-state index in [-0.39, 0.29) is 0 Å². The zero-order valence-corrected chi connectivity index (χ0v) is 8.73. The van der Waals surface area contributed by atoms with Gasteiger partial charge < -0.3 is 16.2 Å². The minimum absolute atomic E-state index is 0.650. The molecule has 0 spiro atoms. The van der Waals surface area contributed by atoms with Crippen molar-refractivity contribution in [3.05, 3.63) is 17.5 Å². The summed E-state index contributed by atoms with van der Waals surface area (Å²) in [5, 5.41) is 2.81. The number of ether oxygens (including phenoxy) is 1. The van der Waals surface area contributed by atoms with Crippen molar-refractivity contribution in [3.63, 3.8) is 0 Å². The highest BCUT2D eigenvalue weighted by Gasteiger charge is 2.09. The highest BCUT2D eigenvalue weighted by atomic mass is 32.1. The average Bonchev–Trinajstić information content (AvgIpc) is 2.54. The van der Waals surface area contributed by atoms with Gasteiger partial charge in [-0.3, -0.25) is 0 Å². The van der Waals surface area contributed by atoms with Crippen molar-refractivity contribution >= 4 is 32.8 Å². The Morgan fingerprint density at radius 3 is 2.79 bits per heavy atom. The Hall–Kier alpha value is -1.42. The number of nitrogens with two attached hydrogens (primary N) is 2. The molecule has 0 aliphatic heterocycles. The first-order valence-corrected chi connectivity index (χ1v) is 5.30. The van der Waals surface area contributed by atoms with Gasteiger partial charge in [-0.25, -0.2) is 0 Å². The van der Waals surface area contributed by atoms with E-state index in [0.717, 1.165) is 21.5 Å². The first-order valence-electron chi connectivity index (χ1n) is 4.42. The topological polar surface area (TPSA) is 61.3 Å². The summed E-state index contributed by atoms with van der Waals surface area (Å²) >= 11 is 1.56. The van der Waals surface area contributed by atoms with Crippen LogP contribution in [0.4, 0.5) is 11.4 Å². The van der Waals surface area contributed by atoms with Crippen LogP contribution in [0.1, 0.15) is 6.92 Å². The van der Waals surface area contributed by atoms with Crippen LogP contribution >= 0.6 is 11.3 Å². The first kappa shape index (κ1) is 9.15. The molecule has 2 rings (SSSR count). The van der Waals surface area contributed by atoms with E-state index in [4.69, 9.17) is 16.2 Å². The molecule has 0 amide bonds. The summed E-state index contributed by atoms with van der Waals surface area (Å²) in [5.41, 5.74) is 13.1. The molecule has 0 aliphatic carbocycles. The van der Waals surface area contributed by atoms with Crippen LogP contribution in [0.25, 0.3) is 10.1 Å². The lowest BCUT2D eigenvalue weighted by molar-refractivity contribution is 0.345. The fourth-order valence-electron chi connectivity index (χ4n) is 1.44. The van der Waals surface area contributed by atoms with Crippen molar-refractivity contribution in [2.75, 3.05) is 18.1 Å². The quantitative estimate of drug-likeness (QED) is 0.745. The second-order valence-electron chi connectivity index (χ2n) is 2.98. The van der Waals surface area contributed by atoms with E-state index < -0.39 is 0 Å². The number of hydrogen-bond acceptors (Lipinski definition) is 4. The molecule has 3 nitrogen and oxygen atoms in total. The molecule has 1 heterocycles. The summed E-state index contributed by atoms with van der Waals surface area (Å²) in [4.78, 5) is 0. The molecule has 74 valence electrons. The van der Waals surface area contributed by atoms with Gasteiger partial charge in [0.1, 0.15) is 5.75 Å². The maximum atomic E-state index is 5.84. The van der Waals surface area contributed by atoms with Crippen LogP contribution < -0.4 is 16.2 Å². The molecule has 4 N–H and O–H groups in total. The van der Waals surface area contributed by atoms with Gasteiger partial charge in [-0.15, -0.1) is 11.3 Å². The predicted molar refractivity (Wildman–Crippen MR) is 61.8 cm³/mol. The van der Waals surface area contributed by atoms with E-state index in [9.17, 15) is 0 Å². The Balaban J connectivity index is 2.70. The molecule has 0 saturated carbocycles. The van der Waals surface area contributed by atoms with Crippen molar-refractivity contribution in [2.24, 2.45) is 0 Å². The Bertz CT molecular complexity index is 464. The Kier molecular flexibility index (Phi) is 2.21. The number of thiophene rings is 1. The van der Waals surface area contributed by atoms with Crippen molar-refractivity contribution in [1.29, 1.82) is 0 Å². The Morgan fingerprint density at radius 2 is 2.07 bits per heavy atom. The molecule has 0 atom stereocenters. The first-order chi connectivity index (χ1) is 6.74. The maximum absolute atomic E-state index is 5.84. The minimum Gasteiger partial charge on any atom is -0.492 e. The smallest absolute Gasteiger partial charge is 0.137 e. The van der Waals surface area contributed by atoms with Gasteiger partial charge in [0.15, 0.2) is 0 Å². The van der Waals surface area contributed by atoms with E-state index in [1.165, 1.54) is 0 Å². The van der Waals surface area contributed by atoms with E-state index in [1.807, 2.05) is 24.4 Å². The van der Waals surface area contributed by atoms with E-state index in [1.54, 1.807) is 11.3 Å². The monoisotopic (exact) mass is 208 g/mol. The number of anilines is 2. The molecule has 0 fully saturated rings. The maximum Gasteiger partial charge on any atom is 0.137 e. The third kappa shape index (κ3) is 1.28. The van der Waals surface area contributed by atoms with Gasteiger partial charge in [-0.1, -0.05) is 0 Å². The predicted octanol–water partition coefficient (Wildman–Crippen LogP) is 2.46. The molecule has 0 radical (unpaired) electrons. The van der Waals surface area contributed by atoms with Crippen LogP contribution in [0.2, 0.25) is 0 Å². The average molecular weight is 208 g/mol. The number of hydrogen-bond donors (Lipinski definition) is 2. The lowest BCUT2D eigenvalue weighted by Crippen LogP contribution is -1.94. The van der Waals surface area contributed by atoms with Crippen LogP contribution in [0, 0.1) is 0 Å². The highest BCUT2D eigenvalue weighted by molar-refractivity contribution is 7.18. The third-order valence-electron chi connectivity index (χ3n) is 2.05. The highest BCUT2D eigenvalue weighted by Crippen LogP contribution is 2.38. The summed E-state index contributed by atoms with van der Waals surface area (Å²) in [5.74, 6) is 0.860. The molecule has 0 aliphatic rings. The van der Waals surface area contributed by atoms with Crippen molar-refractivity contribution in [3.8, 4) is 5.75 Å². The van der Waals surface area contributed by atoms with Crippen LogP contribution in [0.3, 0.4) is 0 Å². The van der Waals surface area contributed by atoms with E-state index >= 15 is 0 Å². The second-order valence-corrected chi connectivity index (χ2v) is 3.86. The molecule has 14 heavy (non-hydrogen) atoms. The lowest BCUT2D eigenvalue weighted by Gasteiger charge is -2.05. The number of nitrogen functional groups attached to an aromatic ring is 2. The van der Waals surface area contributed by atoms with Gasteiger partial charge in [0.05, 0.1) is 17.0 Å². The molecule has 4 heteroatoms. The lowest BCUT2D eigenvalue weighted by atomic mass is 10.2. The molecule has 1 aromatic heterocycles. The molecular weight excluding hydrogens is 196 g/mol. The fraction of sp³-hybridized carbons (Fsp3) is 0.200. The largest absolute Gasteiger partial charge is 0.492 e. The normalized spacial score (nSPS) is 10.6. The summed E-state index contributed by atoms with van der Waals surface area (Å²) in [6.45, 7) is 2.61. The number of fused-ring (bicyclic) bond motifs is 1. The van der Waals surface area contributed by atoms with Crippen molar-refractivity contribution < 1.29 is 4.74 Å². The third-order valence-corrected chi connectivity index (χ3v) is 3.06. The van der Waals surface area contributed by atoms with E-state index in [0.29, 0.717) is 12.3 Å². The zero-order chi connectivity index (χ0) is 10.1. The molecule has 0 saturated heterocycles. The van der Waals surface area contributed by atoms with Gasteiger partial charge in [0, 0.05) is 16.5 Å². The number of rotatable bonds is 2. The Morgan fingerprint density at radius 1 is 1.29 bits per heavy atom. The van der Waals surface area contributed by atoms with Crippen molar-refractivity contribution in [1.82, 2.24) is 0 Å². The van der Waals surface area contributed by atoms with Gasteiger partial charge in [-0.05, 0) is 19.1 Å². The molecule has 0 unspecified atom stereocenters. The summed E-state index contributed by atoms with van der Waals surface area (Å²) in [6, 6.07) is 3.72. The van der Waals surface area contributed by atoms with Gasteiger partial charge in [0.2, 0.25) is 0 Å². The Labute approximate surface area is 86.3 Å². The number of benzene rings is 1. The fourth-order valence-corrected chi connectivity index (χ4v) is 2.40. The second kappa shape index (κ2) is 3.38. The minimum atomic E-state index is 0.650. The molecule has 2 aromatic rings. The van der Waals surface area contributed by atoms with E-state index in [2.05, 4.69) is 0 Å². The van der Waals surface area contributed by atoms with Gasteiger partial charge >= 0.3 is 0 Å². The van der Waals surface area contributed by atoms with Crippen molar-refractivity contribution in [2.45, 2.75) is 6.92 Å². The molecule has 1 aromatic carbocycles. The summed E-state index contributed by atoms with van der Waals surface area (Å²) in [7, 11) is 0. The molecule has 0 bridgehead atoms. The van der Waals surface area contributed by atoms with Crippen LogP contribution in [0.15, 0.2) is 17.5 Å². The summed E-state index contributed by atoms with van der Waals surface area (Å²) < 4.78 is 6.52. The zero-order valence-electron chi connectivity index (χ0n) is 7.91. The summed E-state index contributed by atoms with van der Waals surface area (Å²) in [6.07, 6.45) is 0. The SMILES string of the molecule is CCOc1ccc(N)c2c(N)csc12. The van der Waals surface area contributed by atoms with Gasteiger partial charge in [-0.2, -0.15) is 0 Å². The molecular formula is C10H12N2OS. The van der Waals surface area contributed by atoms with Crippen LogP contribution in [0.5, 0.6) is 5.75 Å². The van der Waals surface area contributed by atoms with Crippen LogP contribution in [-0.2, 0) is 0 Å².